The van der Waals surface area contributed by atoms with E-state index in [4.69, 9.17) is 16.3 Å². The van der Waals surface area contributed by atoms with E-state index in [1.165, 1.54) is 18.3 Å². The van der Waals surface area contributed by atoms with Crippen LogP contribution in [-0.2, 0) is 0 Å². The average molecular weight is 524 g/mol. The lowest BCUT2D eigenvalue weighted by Gasteiger charge is -2.28. The molecule has 186 valence electrons. The van der Waals surface area contributed by atoms with Gasteiger partial charge in [-0.1, -0.05) is 16.8 Å². The van der Waals surface area contributed by atoms with E-state index in [1.54, 1.807) is 21.5 Å². The molecule has 4 aromatic rings. The Morgan fingerprint density at radius 1 is 1.34 bits per heavy atom. The molecule has 0 radical (unpaired) electrons. The predicted molar refractivity (Wildman–Crippen MR) is 128 cm³/mol. The molecule has 0 spiro atoms. The molecule has 1 fully saturated rings. The monoisotopic (exact) mass is 523 g/mol. The molecule has 1 unspecified atom stereocenters. The minimum absolute atomic E-state index is 0. The highest BCUT2D eigenvalue weighted by Gasteiger charge is 2.28. The zero-order valence-corrected chi connectivity index (χ0v) is 20.2. The smallest absolute Gasteiger partial charge is 0.163 e. The molecular formula is C22H24Cl2FN7O3. The van der Waals surface area contributed by atoms with Crippen molar-refractivity contribution >= 4 is 29.5 Å². The van der Waals surface area contributed by atoms with Crippen molar-refractivity contribution < 1.29 is 19.3 Å². The molecule has 1 saturated heterocycles. The molecule has 5 rings (SSSR count). The van der Waals surface area contributed by atoms with E-state index in [0.29, 0.717) is 39.8 Å². The number of rotatable bonds is 6. The van der Waals surface area contributed by atoms with Crippen LogP contribution in [0, 0.1) is 12.7 Å². The van der Waals surface area contributed by atoms with Crippen LogP contribution < -0.4 is 10.1 Å². The van der Waals surface area contributed by atoms with Gasteiger partial charge in [-0.05, 0) is 38.1 Å². The highest BCUT2D eigenvalue weighted by molar-refractivity contribution is 6.34. The lowest BCUT2D eigenvalue weighted by atomic mass is 10.0. The van der Waals surface area contributed by atoms with Gasteiger partial charge in [0.25, 0.3) is 0 Å². The van der Waals surface area contributed by atoms with Gasteiger partial charge < -0.3 is 20.3 Å². The Morgan fingerprint density at radius 3 is 2.89 bits per heavy atom. The molecule has 13 heteroatoms. The zero-order chi connectivity index (χ0) is 23.8. The Morgan fingerprint density at radius 2 is 2.17 bits per heavy atom. The molecular weight excluding hydrogens is 500 g/mol. The number of halogens is 3. The number of aromatic nitrogens is 6. The third-order valence-electron chi connectivity index (χ3n) is 5.98. The Bertz CT molecular complexity index is 1310. The summed E-state index contributed by atoms with van der Waals surface area (Å²) in [6, 6.07) is 4.28. The maximum atomic E-state index is 13.3. The maximum absolute atomic E-state index is 13.3. The lowest BCUT2D eigenvalue weighted by Crippen LogP contribution is -2.42. The van der Waals surface area contributed by atoms with E-state index in [1.807, 2.05) is 6.92 Å². The minimum Gasteiger partial charge on any atom is -0.479 e. The molecule has 1 aliphatic heterocycles. The fourth-order valence-electron chi connectivity index (χ4n) is 4.23. The van der Waals surface area contributed by atoms with Crippen molar-refractivity contribution in [3.05, 3.63) is 59.0 Å². The molecule has 4 aromatic heterocycles. The SMILES string of the molecule is Cc1c(-c2cc(OC(CO)c3ccc(F)cn3)c3c(Cl)cnn3c2)nnn1[C@H]1CCNC[C@H]1O.Cl. The van der Waals surface area contributed by atoms with Crippen LogP contribution in [0.5, 0.6) is 5.75 Å². The van der Waals surface area contributed by atoms with Gasteiger partial charge in [0.05, 0.1) is 47.6 Å². The molecule has 3 atom stereocenters. The Labute approximate surface area is 211 Å². The van der Waals surface area contributed by atoms with Gasteiger partial charge in [0.2, 0.25) is 0 Å². The summed E-state index contributed by atoms with van der Waals surface area (Å²) in [6.07, 6.45) is 3.63. The second-order valence-electron chi connectivity index (χ2n) is 8.16. The molecule has 10 nitrogen and oxygen atoms in total. The van der Waals surface area contributed by atoms with Gasteiger partial charge >= 0.3 is 0 Å². The number of hydrogen-bond acceptors (Lipinski definition) is 8. The van der Waals surface area contributed by atoms with Gasteiger partial charge in [-0.25, -0.2) is 13.6 Å². The molecule has 0 aromatic carbocycles. The molecule has 0 aliphatic carbocycles. The van der Waals surface area contributed by atoms with E-state index in [9.17, 15) is 14.6 Å². The molecule has 5 heterocycles. The van der Waals surface area contributed by atoms with Crippen molar-refractivity contribution in [2.24, 2.45) is 0 Å². The largest absolute Gasteiger partial charge is 0.479 e. The molecule has 35 heavy (non-hydrogen) atoms. The first-order chi connectivity index (χ1) is 16.5. The van der Waals surface area contributed by atoms with Gasteiger partial charge in [0.1, 0.15) is 22.8 Å². The fourth-order valence-corrected chi connectivity index (χ4v) is 4.45. The quantitative estimate of drug-likeness (QED) is 0.352. The van der Waals surface area contributed by atoms with Crippen LogP contribution in [0.2, 0.25) is 5.02 Å². The topological polar surface area (TPSA) is 123 Å². The number of hydrogen-bond donors (Lipinski definition) is 3. The lowest BCUT2D eigenvalue weighted by molar-refractivity contribution is 0.0789. The summed E-state index contributed by atoms with van der Waals surface area (Å²) in [5.74, 6) is -0.137. The van der Waals surface area contributed by atoms with Crippen LogP contribution in [0.3, 0.4) is 0 Å². The summed E-state index contributed by atoms with van der Waals surface area (Å²) in [5.41, 5.74) is 2.92. The number of nitrogens with zero attached hydrogens (tertiary/aromatic N) is 6. The zero-order valence-electron chi connectivity index (χ0n) is 18.7. The van der Waals surface area contributed by atoms with Crippen LogP contribution in [0.15, 0.2) is 36.8 Å². The molecule has 0 amide bonds. The predicted octanol–water partition coefficient (Wildman–Crippen LogP) is 2.52. The summed E-state index contributed by atoms with van der Waals surface area (Å²) >= 11 is 6.37. The Balaban J connectivity index is 0.00000289. The van der Waals surface area contributed by atoms with Gasteiger partial charge in [-0.3, -0.25) is 4.98 Å². The Hall–Kier alpha value is -2.83. The summed E-state index contributed by atoms with van der Waals surface area (Å²) in [4.78, 5) is 4.02. The van der Waals surface area contributed by atoms with Gasteiger partial charge in [-0.15, -0.1) is 17.5 Å². The third kappa shape index (κ3) is 4.82. The number of pyridine rings is 2. The number of β-amino-alcohol motifs (C(OH)–C–C–N with tert-alkyl or cyclic N) is 1. The normalized spacial score (nSPS) is 18.9. The standard InChI is InChI=1S/C22H23ClFN7O3.ClH/c1-12-21(28-29-31(12)17-4-5-25-9-18(17)33)13-6-19(22-15(23)8-27-30(22)10-13)34-20(11-32)16-3-2-14(24)7-26-16;/h2-3,6-8,10,17-18,20,25,32-33H,4-5,9,11H2,1H3;1H/t17-,18+,20?;/m0./s1. The highest BCUT2D eigenvalue weighted by atomic mass is 35.5. The fraction of sp³-hybridized carbons (Fsp3) is 0.364. The second kappa shape index (κ2) is 10.4. The van der Waals surface area contributed by atoms with E-state index in [2.05, 4.69) is 25.7 Å². The van der Waals surface area contributed by atoms with Crippen LogP contribution in [0.1, 0.15) is 30.0 Å². The van der Waals surface area contributed by atoms with Gasteiger partial charge in [0, 0.05) is 18.3 Å². The molecule has 0 saturated carbocycles. The Kier molecular flexibility index (Phi) is 7.53. The summed E-state index contributed by atoms with van der Waals surface area (Å²) in [6.45, 7) is 2.79. The van der Waals surface area contributed by atoms with E-state index < -0.39 is 18.0 Å². The second-order valence-corrected chi connectivity index (χ2v) is 8.57. The van der Waals surface area contributed by atoms with Crippen molar-refractivity contribution in [2.45, 2.75) is 31.6 Å². The van der Waals surface area contributed by atoms with Crippen LogP contribution in [0.4, 0.5) is 4.39 Å². The van der Waals surface area contributed by atoms with E-state index in [0.717, 1.165) is 24.9 Å². The van der Waals surface area contributed by atoms with Crippen LogP contribution in [-0.4, -0.2) is 65.6 Å². The third-order valence-corrected chi connectivity index (χ3v) is 6.25. The maximum Gasteiger partial charge on any atom is 0.163 e. The number of aliphatic hydroxyl groups excluding tert-OH is 2. The number of nitrogens with one attached hydrogen (secondary N) is 1. The van der Waals surface area contributed by atoms with E-state index >= 15 is 0 Å². The van der Waals surface area contributed by atoms with Crippen molar-refractivity contribution in [3.63, 3.8) is 0 Å². The van der Waals surface area contributed by atoms with Gasteiger partial charge in [-0.2, -0.15) is 5.10 Å². The number of fused-ring (bicyclic) bond motifs is 1. The van der Waals surface area contributed by atoms with Crippen molar-refractivity contribution in [3.8, 4) is 17.0 Å². The van der Waals surface area contributed by atoms with Crippen molar-refractivity contribution in [1.82, 2.24) is 34.9 Å². The summed E-state index contributed by atoms with van der Waals surface area (Å²) in [5, 5.41) is 36.8. The van der Waals surface area contributed by atoms with E-state index in [-0.39, 0.29) is 25.1 Å². The summed E-state index contributed by atoms with van der Waals surface area (Å²) < 4.78 is 22.7. The van der Waals surface area contributed by atoms with Crippen LogP contribution >= 0.6 is 24.0 Å². The average Bonchev–Trinajstić information content (AvgIpc) is 3.41. The molecule has 3 N–H and O–H groups in total. The first-order valence-corrected chi connectivity index (χ1v) is 11.2. The van der Waals surface area contributed by atoms with Crippen LogP contribution in [0.25, 0.3) is 16.8 Å². The molecule has 0 bridgehead atoms. The number of piperidine rings is 1. The first kappa shape index (κ1) is 25.3. The number of aliphatic hydroxyl groups is 2. The minimum atomic E-state index is -0.854. The summed E-state index contributed by atoms with van der Waals surface area (Å²) in [7, 11) is 0. The molecule has 1 aliphatic rings. The van der Waals surface area contributed by atoms with Crippen molar-refractivity contribution in [2.75, 3.05) is 19.7 Å². The van der Waals surface area contributed by atoms with Gasteiger partial charge in [0.15, 0.2) is 6.10 Å². The highest BCUT2D eigenvalue weighted by Crippen LogP contribution is 2.35. The first-order valence-electron chi connectivity index (χ1n) is 10.8. The van der Waals surface area contributed by atoms with Crippen molar-refractivity contribution in [1.29, 1.82) is 0 Å². The number of ether oxygens (including phenoxy) is 1.